The van der Waals surface area contributed by atoms with E-state index >= 15 is 0 Å². The lowest BCUT2D eigenvalue weighted by Crippen LogP contribution is -1.98. The van der Waals surface area contributed by atoms with Gasteiger partial charge in [0.2, 0.25) is 0 Å². The Bertz CT molecular complexity index is 597. The van der Waals surface area contributed by atoms with E-state index in [0.29, 0.717) is 5.75 Å². The highest BCUT2D eigenvalue weighted by atomic mass is 79.9. The molecule has 0 aliphatic carbocycles. The molecule has 0 saturated heterocycles. The van der Waals surface area contributed by atoms with Gasteiger partial charge in [-0.1, -0.05) is 31.9 Å². The highest BCUT2D eigenvalue weighted by Crippen LogP contribution is 2.38. The van der Waals surface area contributed by atoms with E-state index in [1.165, 1.54) is 0 Å². The van der Waals surface area contributed by atoms with Crippen LogP contribution in [0.1, 0.15) is 16.5 Å². The molecule has 1 unspecified atom stereocenters. The summed E-state index contributed by atoms with van der Waals surface area (Å²) in [7, 11) is 3.25. The van der Waals surface area contributed by atoms with Gasteiger partial charge >= 0.3 is 0 Å². The van der Waals surface area contributed by atoms with Crippen LogP contribution in [0.15, 0.2) is 45.3 Å². The largest absolute Gasteiger partial charge is 0.497 e. The van der Waals surface area contributed by atoms with Crippen molar-refractivity contribution < 1.29 is 9.47 Å². The molecule has 0 saturated carbocycles. The number of hydrogen-bond donors (Lipinski definition) is 0. The summed E-state index contributed by atoms with van der Waals surface area (Å²) in [5, 5.41) is -0.301. The maximum atomic E-state index is 6.59. The summed E-state index contributed by atoms with van der Waals surface area (Å²) in [6.45, 7) is 0. The van der Waals surface area contributed by atoms with Gasteiger partial charge < -0.3 is 9.47 Å². The van der Waals surface area contributed by atoms with Crippen molar-refractivity contribution in [2.24, 2.45) is 0 Å². The van der Waals surface area contributed by atoms with Gasteiger partial charge in [-0.05, 0) is 35.9 Å². The molecule has 0 aliphatic heterocycles. The van der Waals surface area contributed by atoms with Crippen molar-refractivity contribution in [1.82, 2.24) is 0 Å². The van der Waals surface area contributed by atoms with E-state index in [1.54, 1.807) is 14.2 Å². The van der Waals surface area contributed by atoms with Crippen molar-refractivity contribution in [2.75, 3.05) is 14.2 Å². The average molecular weight is 421 g/mol. The maximum Gasteiger partial charge on any atom is 0.127 e. The molecule has 2 nitrogen and oxygen atoms in total. The van der Waals surface area contributed by atoms with Gasteiger partial charge in [-0.25, -0.2) is 0 Å². The molecule has 5 heteroatoms. The van der Waals surface area contributed by atoms with Gasteiger partial charge in [0.1, 0.15) is 11.5 Å². The van der Waals surface area contributed by atoms with Crippen LogP contribution in [0, 0.1) is 0 Å². The predicted octanol–water partition coefficient (Wildman–Crippen LogP) is 5.56. The SMILES string of the molecule is COc1ccc(C(Cl)c2cc(Br)cc(Br)c2)c(OC)c1. The van der Waals surface area contributed by atoms with E-state index in [0.717, 1.165) is 25.8 Å². The van der Waals surface area contributed by atoms with Crippen LogP contribution in [-0.4, -0.2) is 14.2 Å². The van der Waals surface area contributed by atoms with Crippen LogP contribution in [0.5, 0.6) is 11.5 Å². The highest BCUT2D eigenvalue weighted by molar-refractivity contribution is 9.11. The van der Waals surface area contributed by atoms with Crippen molar-refractivity contribution in [2.45, 2.75) is 5.38 Å². The van der Waals surface area contributed by atoms with Gasteiger partial charge in [-0.15, -0.1) is 11.6 Å². The Morgan fingerprint density at radius 1 is 0.950 bits per heavy atom. The first-order valence-electron chi connectivity index (χ1n) is 5.87. The van der Waals surface area contributed by atoms with Crippen molar-refractivity contribution in [1.29, 1.82) is 0 Å². The summed E-state index contributed by atoms with van der Waals surface area (Å²) in [5.41, 5.74) is 1.89. The lowest BCUT2D eigenvalue weighted by atomic mass is 10.0. The minimum absolute atomic E-state index is 0.301. The fraction of sp³-hybridized carbons (Fsp3) is 0.200. The number of alkyl halides is 1. The first-order chi connectivity index (χ1) is 9.55. The molecular weight excluding hydrogens is 407 g/mol. The Balaban J connectivity index is 2.44. The molecule has 106 valence electrons. The van der Waals surface area contributed by atoms with Gasteiger partial charge in [-0.2, -0.15) is 0 Å². The second kappa shape index (κ2) is 6.83. The topological polar surface area (TPSA) is 18.5 Å². The molecule has 0 amide bonds. The van der Waals surface area contributed by atoms with E-state index in [2.05, 4.69) is 31.9 Å². The molecule has 0 spiro atoms. The first kappa shape index (κ1) is 15.7. The fourth-order valence-electron chi connectivity index (χ4n) is 1.93. The van der Waals surface area contributed by atoms with Gasteiger partial charge in [0.15, 0.2) is 0 Å². The molecule has 0 radical (unpaired) electrons. The molecule has 0 fully saturated rings. The first-order valence-corrected chi connectivity index (χ1v) is 7.89. The third-order valence-electron chi connectivity index (χ3n) is 2.89. The van der Waals surface area contributed by atoms with E-state index in [-0.39, 0.29) is 5.38 Å². The van der Waals surface area contributed by atoms with Crippen LogP contribution in [0.4, 0.5) is 0 Å². The van der Waals surface area contributed by atoms with Crippen LogP contribution in [0.2, 0.25) is 0 Å². The van der Waals surface area contributed by atoms with Crippen LogP contribution < -0.4 is 9.47 Å². The van der Waals surface area contributed by atoms with Crippen LogP contribution >= 0.6 is 43.5 Å². The Morgan fingerprint density at radius 3 is 2.15 bits per heavy atom. The Kier molecular flexibility index (Phi) is 5.35. The van der Waals surface area contributed by atoms with Crippen molar-refractivity contribution >= 4 is 43.5 Å². The van der Waals surface area contributed by atoms with Gasteiger partial charge in [0.25, 0.3) is 0 Å². The van der Waals surface area contributed by atoms with Gasteiger partial charge in [-0.3, -0.25) is 0 Å². The summed E-state index contributed by atoms with van der Waals surface area (Å²) in [4.78, 5) is 0. The number of methoxy groups -OCH3 is 2. The minimum Gasteiger partial charge on any atom is -0.497 e. The zero-order valence-corrected chi connectivity index (χ0v) is 14.9. The van der Waals surface area contributed by atoms with Gasteiger partial charge in [0, 0.05) is 20.6 Å². The summed E-state index contributed by atoms with van der Waals surface area (Å²) in [6, 6.07) is 11.6. The predicted molar refractivity (Wildman–Crippen MR) is 89.1 cm³/mol. The number of hydrogen-bond acceptors (Lipinski definition) is 2. The maximum absolute atomic E-state index is 6.59. The molecule has 20 heavy (non-hydrogen) atoms. The Hall–Kier alpha value is -0.710. The molecule has 0 aliphatic rings. The molecule has 0 bridgehead atoms. The number of rotatable bonds is 4. The van der Waals surface area contributed by atoms with E-state index < -0.39 is 0 Å². The van der Waals surface area contributed by atoms with Crippen LogP contribution in [-0.2, 0) is 0 Å². The standard InChI is InChI=1S/C15H13Br2ClO2/c1-19-12-3-4-13(14(8-12)20-2)15(18)9-5-10(16)7-11(17)6-9/h3-8,15H,1-2H3. The summed E-state index contributed by atoms with van der Waals surface area (Å²) < 4.78 is 12.5. The molecular formula is C15H13Br2ClO2. The zero-order valence-electron chi connectivity index (χ0n) is 11.0. The molecule has 2 rings (SSSR count). The Labute approximate surface area is 140 Å². The Morgan fingerprint density at radius 2 is 1.60 bits per heavy atom. The molecule has 2 aromatic carbocycles. The summed E-state index contributed by atoms with van der Waals surface area (Å²) in [5.74, 6) is 1.45. The smallest absolute Gasteiger partial charge is 0.127 e. The van der Waals surface area contributed by atoms with Crippen molar-refractivity contribution in [3.8, 4) is 11.5 Å². The average Bonchev–Trinajstić information content (AvgIpc) is 2.44. The lowest BCUT2D eigenvalue weighted by molar-refractivity contribution is 0.391. The number of halogens is 3. The van der Waals surface area contributed by atoms with Gasteiger partial charge in [0.05, 0.1) is 19.6 Å². The quantitative estimate of drug-likeness (QED) is 0.603. The summed E-state index contributed by atoms with van der Waals surface area (Å²) in [6.07, 6.45) is 0. The molecule has 1 atom stereocenters. The van der Waals surface area contributed by atoms with E-state index in [4.69, 9.17) is 21.1 Å². The molecule has 0 N–H and O–H groups in total. The van der Waals surface area contributed by atoms with E-state index in [9.17, 15) is 0 Å². The normalized spacial score (nSPS) is 12.1. The van der Waals surface area contributed by atoms with E-state index in [1.807, 2.05) is 36.4 Å². The summed E-state index contributed by atoms with van der Waals surface area (Å²) >= 11 is 13.5. The minimum atomic E-state index is -0.301. The van der Waals surface area contributed by atoms with Crippen LogP contribution in [0.25, 0.3) is 0 Å². The molecule has 2 aromatic rings. The van der Waals surface area contributed by atoms with Crippen molar-refractivity contribution in [3.05, 3.63) is 56.5 Å². The number of ether oxygens (including phenoxy) is 2. The van der Waals surface area contributed by atoms with Crippen LogP contribution in [0.3, 0.4) is 0 Å². The zero-order chi connectivity index (χ0) is 14.7. The third-order valence-corrected chi connectivity index (χ3v) is 4.29. The lowest BCUT2D eigenvalue weighted by Gasteiger charge is -2.16. The fourth-order valence-corrected chi connectivity index (χ4v) is 3.56. The monoisotopic (exact) mass is 418 g/mol. The highest BCUT2D eigenvalue weighted by Gasteiger charge is 2.17. The second-order valence-electron chi connectivity index (χ2n) is 4.17. The molecule has 0 aromatic heterocycles. The number of benzene rings is 2. The molecule has 0 heterocycles. The third kappa shape index (κ3) is 3.48. The second-order valence-corrected chi connectivity index (χ2v) is 6.44. The van der Waals surface area contributed by atoms with Crippen molar-refractivity contribution in [3.63, 3.8) is 0 Å².